The Labute approximate surface area is 149 Å². The summed E-state index contributed by atoms with van der Waals surface area (Å²) < 4.78 is 6.40. The first-order valence-corrected chi connectivity index (χ1v) is 9.56. The Hall–Kier alpha value is 0.0700. The molecule has 5 N–H and O–H groups in total. The van der Waals surface area contributed by atoms with Crippen molar-refractivity contribution in [3.05, 3.63) is 11.3 Å². The summed E-state index contributed by atoms with van der Waals surface area (Å²) in [5.74, 6) is 0.143. The average Bonchev–Trinajstić information content (AvgIpc) is 2.50. The molecule has 1 saturated heterocycles. The minimum atomic E-state index is -1.09. The van der Waals surface area contributed by atoms with Gasteiger partial charge in [-0.3, -0.25) is 0 Å². The number of halogens is 1. The monoisotopic (exact) mass is 441 g/mol. The lowest BCUT2D eigenvalue weighted by Gasteiger charge is -2.46. The Morgan fingerprint density at radius 1 is 1.04 bits per heavy atom. The van der Waals surface area contributed by atoms with Crippen LogP contribution < -0.4 is 22.6 Å². The normalized spacial score (nSPS) is 51.5. The van der Waals surface area contributed by atoms with Crippen molar-refractivity contribution in [1.82, 2.24) is 0 Å². The van der Waals surface area contributed by atoms with Gasteiger partial charge in [-0.25, -0.2) is 0 Å². The second kappa shape index (κ2) is 6.76. The van der Waals surface area contributed by atoms with Gasteiger partial charge in [0.05, 0.1) is 30.2 Å². The molecule has 6 nitrogen and oxygen atoms in total. The Balaban J connectivity index is 1.74. The quantitative estimate of drug-likeness (QED) is 0.214. The van der Waals surface area contributed by atoms with E-state index in [1.54, 1.807) is 6.92 Å². The standard InChI is InChI=1S/C16H25IO6/c1-6-10(18)5-13-8(14(6)21)4-9(17)16(23-13)7-2-11(19)15(22)12(20)3-7/h7-9,11-17,19-22H,2-5H2,1H3/p+1. The molecule has 1 aliphatic heterocycles. The van der Waals surface area contributed by atoms with Crippen molar-refractivity contribution in [3.8, 4) is 0 Å². The summed E-state index contributed by atoms with van der Waals surface area (Å²) in [6, 6.07) is 0. The van der Waals surface area contributed by atoms with Crippen molar-refractivity contribution in [2.45, 2.75) is 73.2 Å². The van der Waals surface area contributed by atoms with Crippen LogP contribution in [0.4, 0.5) is 0 Å². The van der Waals surface area contributed by atoms with E-state index in [1.165, 1.54) is 0 Å². The molecule has 3 aliphatic rings. The van der Waals surface area contributed by atoms with E-state index in [-0.39, 0.29) is 33.7 Å². The molecule has 0 aromatic rings. The molecule has 0 spiro atoms. The smallest absolute Gasteiger partial charge is 0.258 e. The number of fused-ring (bicyclic) bond motifs is 1. The Morgan fingerprint density at radius 3 is 2.26 bits per heavy atom. The molecule has 7 heteroatoms. The van der Waals surface area contributed by atoms with Crippen LogP contribution in [0.1, 0.15) is 32.6 Å². The van der Waals surface area contributed by atoms with E-state index >= 15 is 0 Å². The molecule has 7 unspecified atom stereocenters. The summed E-state index contributed by atoms with van der Waals surface area (Å²) in [6.45, 7) is 1.75. The first kappa shape index (κ1) is 17.9. The Bertz CT molecular complexity index is 471. The van der Waals surface area contributed by atoms with Crippen LogP contribution in [0.2, 0.25) is 0 Å². The number of hydrogen-bond donors (Lipinski definition) is 5. The molecule has 0 bridgehead atoms. The van der Waals surface area contributed by atoms with Gasteiger partial charge in [-0.05, 0) is 31.3 Å². The van der Waals surface area contributed by atoms with Gasteiger partial charge in [0.25, 0.3) is 22.6 Å². The highest BCUT2D eigenvalue weighted by Gasteiger charge is 2.51. The maximum Gasteiger partial charge on any atom is 0.258 e. The second-order valence-corrected chi connectivity index (χ2v) is 8.94. The summed E-state index contributed by atoms with van der Waals surface area (Å²) in [7, 11) is 0. The van der Waals surface area contributed by atoms with Crippen LogP contribution in [0.25, 0.3) is 0 Å². The zero-order chi connectivity index (χ0) is 16.9. The van der Waals surface area contributed by atoms with Crippen LogP contribution in [0.15, 0.2) is 11.3 Å². The van der Waals surface area contributed by atoms with Crippen LogP contribution in [0.3, 0.4) is 0 Å². The average molecular weight is 441 g/mol. The third-order valence-corrected chi connectivity index (χ3v) is 7.04. The SMILES string of the molecule is CC1=C(O)CC2OC(C3CC(O)C(O)C(O)C3)C([IH+])CC2C1O. The molecule has 23 heavy (non-hydrogen) atoms. The predicted molar refractivity (Wildman–Crippen MR) is 78.6 cm³/mol. The predicted octanol–water partition coefficient (Wildman–Crippen LogP) is -3.50. The van der Waals surface area contributed by atoms with E-state index in [0.29, 0.717) is 24.8 Å². The summed E-state index contributed by atoms with van der Waals surface area (Å²) >= 11 is 1.98. The van der Waals surface area contributed by atoms with Crippen LogP contribution in [0, 0.1) is 11.8 Å². The van der Waals surface area contributed by atoms with Gasteiger partial charge in [-0.2, -0.15) is 0 Å². The second-order valence-electron chi connectivity index (χ2n) is 7.21. The van der Waals surface area contributed by atoms with Crippen molar-refractivity contribution in [2.75, 3.05) is 0 Å². The lowest BCUT2D eigenvalue weighted by molar-refractivity contribution is -0.462. The van der Waals surface area contributed by atoms with Gasteiger partial charge in [0.1, 0.15) is 12.2 Å². The van der Waals surface area contributed by atoms with E-state index in [4.69, 9.17) is 4.74 Å². The van der Waals surface area contributed by atoms with Gasteiger partial charge in [0, 0.05) is 18.8 Å². The highest BCUT2D eigenvalue weighted by Crippen LogP contribution is 2.41. The molecule has 7 atom stereocenters. The van der Waals surface area contributed by atoms with Gasteiger partial charge >= 0.3 is 0 Å². The first-order valence-electron chi connectivity index (χ1n) is 8.21. The molecular weight excluding hydrogens is 415 g/mol. The van der Waals surface area contributed by atoms with Crippen LogP contribution in [-0.2, 0) is 4.74 Å². The fourth-order valence-corrected chi connectivity index (χ4v) is 5.71. The van der Waals surface area contributed by atoms with Crippen molar-refractivity contribution in [2.24, 2.45) is 11.8 Å². The zero-order valence-corrected chi connectivity index (χ0v) is 15.4. The van der Waals surface area contributed by atoms with Crippen molar-refractivity contribution in [1.29, 1.82) is 0 Å². The van der Waals surface area contributed by atoms with Crippen LogP contribution in [0.5, 0.6) is 0 Å². The highest BCUT2D eigenvalue weighted by atomic mass is 127. The highest BCUT2D eigenvalue weighted by molar-refractivity contribution is 5.18. The van der Waals surface area contributed by atoms with Crippen molar-refractivity contribution >= 4 is 0 Å². The number of rotatable bonds is 1. The summed E-state index contributed by atoms with van der Waals surface area (Å²) in [4.78, 5) is 0. The van der Waals surface area contributed by atoms with E-state index < -0.39 is 24.4 Å². The first-order chi connectivity index (χ1) is 10.8. The largest absolute Gasteiger partial charge is 0.512 e. The molecule has 0 aromatic heterocycles. The van der Waals surface area contributed by atoms with Gasteiger partial charge in [-0.15, -0.1) is 0 Å². The number of alkyl halides is 1. The summed E-state index contributed by atoms with van der Waals surface area (Å²) in [6.07, 6.45) is -2.04. The maximum absolute atomic E-state index is 10.4. The van der Waals surface area contributed by atoms with Gasteiger partial charge in [0.15, 0.2) is 3.92 Å². The summed E-state index contributed by atoms with van der Waals surface area (Å²) in [5.41, 5.74) is 0.633. The third-order valence-electron chi connectivity index (χ3n) is 5.72. The fraction of sp³-hybridized carbons (Fsp3) is 0.875. The number of ether oxygens (including phenoxy) is 1. The lowest BCUT2D eigenvalue weighted by atomic mass is 9.73. The minimum Gasteiger partial charge on any atom is -0.512 e. The third kappa shape index (κ3) is 3.28. The lowest BCUT2D eigenvalue weighted by Crippen LogP contribution is -3.40. The Morgan fingerprint density at radius 2 is 1.65 bits per heavy atom. The van der Waals surface area contributed by atoms with Gasteiger partial charge in [0.2, 0.25) is 0 Å². The Kier molecular flexibility index (Phi) is 5.26. The zero-order valence-electron chi connectivity index (χ0n) is 13.1. The van der Waals surface area contributed by atoms with E-state index in [2.05, 4.69) is 0 Å². The number of aliphatic hydroxyl groups excluding tert-OH is 5. The topological polar surface area (TPSA) is 110 Å². The van der Waals surface area contributed by atoms with E-state index in [1.807, 2.05) is 22.6 Å². The molecule has 1 saturated carbocycles. The minimum absolute atomic E-state index is 0.0242. The molecule has 132 valence electrons. The van der Waals surface area contributed by atoms with Crippen LogP contribution >= 0.6 is 0 Å². The fourth-order valence-electron chi connectivity index (χ4n) is 4.25. The number of aliphatic hydroxyl groups is 5. The van der Waals surface area contributed by atoms with E-state index in [0.717, 1.165) is 6.42 Å². The molecule has 0 amide bonds. The molecular formula is C16H26IO6+. The molecule has 0 aromatic carbocycles. The molecule has 1 heterocycles. The molecule has 2 aliphatic carbocycles. The van der Waals surface area contributed by atoms with Crippen LogP contribution in [-0.4, -0.2) is 66.1 Å². The van der Waals surface area contributed by atoms with Crippen molar-refractivity contribution in [3.63, 3.8) is 0 Å². The van der Waals surface area contributed by atoms with E-state index in [9.17, 15) is 25.5 Å². The number of hydrogen-bond acceptors (Lipinski definition) is 6. The molecule has 3 rings (SSSR count). The van der Waals surface area contributed by atoms with Gasteiger partial charge < -0.3 is 30.3 Å². The molecule has 2 fully saturated rings. The maximum atomic E-state index is 10.4. The van der Waals surface area contributed by atoms with Crippen molar-refractivity contribution < 1.29 is 52.9 Å². The summed E-state index contributed by atoms with van der Waals surface area (Å²) in [5, 5.41) is 49.9. The van der Waals surface area contributed by atoms with Gasteiger partial charge in [-0.1, -0.05) is 0 Å². The molecule has 0 radical (unpaired) electrons.